The van der Waals surface area contributed by atoms with Crippen molar-refractivity contribution < 1.29 is 18.3 Å². The van der Waals surface area contributed by atoms with E-state index in [9.17, 15) is 18.3 Å². The number of carbonyl (C=O) groups is 1. The van der Waals surface area contributed by atoms with Crippen molar-refractivity contribution in [3.05, 3.63) is 29.8 Å². The van der Waals surface area contributed by atoms with Gasteiger partial charge in [-0.3, -0.25) is 0 Å². The van der Waals surface area contributed by atoms with Crippen LogP contribution in [0.3, 0.4) is 0 Å². The lowest BCUT2D eigenvalue weighted by Gasteiger charge is -2.16. The highest BCUT2D eigenvalue weighted by molar-refractivity contribution is 7.92. The summed E-state index contributed by atoms with van der Waals surface area (Å²) in [6.45, 7) is 3.33. The van der Waals surface area contributed by atoms with E-state index in [0.29, 0.717) is 0 Å². The summed E-state index contributed by atoms with van der Waals surface area (Å²) in [6, 6.07) is 6.09. The first-order valence-electron chi connectivity index (χ1n) is 4.91. The minimum atomic E-state index is -3.83. The van der Waals surface area contributed by atoms with E-state index in [1.165, 1.54) is 19.1 Å². The van der Waals surface area contributed by atoms with Crippen LogP contribution in [0.5, 0.6) is 0 Å². The van der Waals surface area contributed by atoms with Crippen LogP contribution < -0.4 is 5.11 Å². The third-order valence-electron chi connectivity index (χ3n) is 2.36. The minimum Gasteiger partial charge on any atom is -0.549 e. The van der Waals surface area contributed by atoms with Gasteiger partial charge in [0.15, 0.2) is 9.84 Å². The molecule has 0 heterocycles. The molecule has 1 unspecified atom stereocenters. The molecule has 0 aliphatic heterocycles. The fourth-order valence-corrected chi connectivity index (χ4v) is 2.94. The predicted molar refractivity (Wildman–Crippen MR) is 57.5 cm³/mol. The number of hydrogen-bond acceptors (Lipinski definition) is 4. The number of benzene rings is 1. The van der Waals surface area contributed by atoms with Gasteiger partial charge in [-0.2, -0.15) is 0 Å². The van der Waals surface area contributed by atoms with Gasteiger partial charge in [0.2, 0.25) is 0 Å². The van der Waals surface area contributed by atoms with Crippen LogP contribution >= 0.6 is 0 Å². The molecule has 5 heteroatoms. The maximum Gasteiger partial charge on any atom is 0.186 e. The third kappa shape index (κ3) is 2.41. The molecular weight excluding hydrogens is 228 g/mol. The Balaban J connectivity index is 3.20. The third-order valence-corrected chi connectivity index (χ3v) is 4.56. The van der Waals surface area contributed by atoms with Gasteiger partial charge in [0.1, 0.15) is 5.25 Å². The Hall–Kier alpha value is -1.36. The molecule has 88 valence electrons. The van der Waals surface area contributed by atoms with Crippen molar-refractivity contribution in [1.29, 1.82) is 0 Å². The van der Waals surface area contributed by atoms with E-state index in [1.54, 1.807) is 12.1 Å². The zero-order valence-electron chi connectivity index (χ0n) is 9.14. The van der Waals surface area contributed by atoms with Crippen LogP contribution in [-0.2, 0) is 14.6 Å². The first-order valence-corrected chi connectivity index (χ1v) is 6.45. The molecule has 1 rings (SSSR count). The fourth-order valence-electron chi connectivity index (χ4n) is 1.40. The Kier molecular flexibility index (Phi) is 3.70. The number of aryl methyl sites for hydroxylation is 1. The number of rotatable bonds is 4. The minimum absolute atomic E-state index is 0.00145. The molecule has 0 radical (unpaired) electrons. The van der Waals surface area contributed by atoms with Crippen LogP contribution in [0.1, 0.15) is 18.9 Å². The van der Waals surface area contributed by atoms with Gasteiger partial charge in [0, 0.05) is 0 Å². The largest absolute Gasteiger partial charge is 0.549 e. The molecule has 0 aliphatic rings. The quantitative estimate of drug-likeness (QED) is 0.759. The molecule has 1 aromatic rings. The summed E-state index contributed by atoms with van der Waals surface area (Å²) in [6.07, 6.45) is -0.00145. The van der Waals surface area contributed by atoms with Gasteiger partial charge >= 0.3 is 0 Å². The molecule has 4 nitrogen and oxygen atoms in total. The fraction of sp³-hybridized carbons (Fsp3) is 0.364. The molecule has 1 aromatic carbocycles. The van der Waals surface area contributed by atoms with E-state index in [-0.39, 0.29) is 11.3 Å². The van der Waals surface area contributed by atoms with Gasteiger partial charge in [-0.05, 0) is 25.5 Å². The van der Waals surface area contributed by atoms with E-state index >= 15 is 0 Å². The van der Waals surface area contributed by atoms with Crippen LogP contribution in [0.2, 0.25) is 0 Å². The van der Waals surface area contributed by atoms with Crippen LogP contribution in [0.25, 0.3) is 0 Å². The van der Waals surface area contributed by atoms with Crippen molar-refractivity contribution in [2.24, 2.45) is 0 Å². The molecule has 0 aliphatic carbocycles. The Bertz CT molecular complexity index is 473. The lowest BCUT2D eigenvalue weighted by atomic mass is 10.2. The Morgan fingerprint density at radius 2 is 1.81 bits per heavy atom. The molecule has 0 spiro atoms. The van der Waals surface area contributed by atoms with Gasteiger partial charge in [-0.25, -0.2) is 8.42 Å². The van der Waals surface area contributed by atoms with Crippen LogP contribution in [-0.4, -0.2) is 19.6 Å². The van der Waals surface area contributed by atoms with Crippen molar-refractivity contribution in [2.45, 2.75) is 30.4 Å². The summed E-state index contributed by atoms with van der Waals surface area (Å²) in [7, 11) is -3.83. The normalized spacial score (nSPS) is 13.4. The van der Waals surface area contributed by atoms with Gasteiger partial charge in [0.05, 0.1) is 10.9 Å². The topological polar surface area (TPSA) is 74.3 Å². The van der Waals surface area contributed by atoms with Gasteiger partial charge in [-0.1, -0.05) is 24.6 Å². The van der Waals surface area contributed by atoms with Gasteiger partial charge in [0.25, 0.3) is 0 Å². The highest BCUT2D eigenvalue weighted by Gasteiger charge is 2.26. The molecule has 0 fully saturated rings. The van der Waals surface area contributed by atoms with E-state index in [0.717, 1.165) is 5.56 Å². The lowest BCUT2D eigenvalue weighted by molar-refractivity contribution is -0.305. The second-order valence-corrected chi connectivity index (χ2v) is 5.70. The number of hydrogen-bond donors (Lipinski definition) is 0. The standard InChI is InChI=1S/C11H14O4S/c1-3-10(11(12)13)16(14,15)9-6-4-8(2)5-7-9/h4-7,10H,3H2,1-2H3,(H,12,13)/p-1. The van der Waals surface area contributed by atoms with E-state index in [1.807, 2.05) is 6.92 Å². The summed E-state index contributed by atoms with van der Waals surface area (Å²) >= 11 is 0. The first-order chi connectivity index (χ1) is 7.39. The van der Waals surface area contributed by atoms with E-state index < -0.39 is 21.1 Å². The van der Waals surface area contributed by atoms with Crippen molar-refractivity contribution >= 4 is 15.8 Å². The smallest absolute Gasteiger partial charge is 0.186 e. The molecule has 1 atom stereocenters. The number of carboxylic acids is 1. The Morgan fingerprint density at radius 1 is 1.31 bits per heavy atom. The van der Waals surface area contributed by atoms with Gasteiger partial charge in [-0.15, -0.1) is 0 Å². The average Bonchev–Trinajstić information content (AvgIpc) is 2.18. The van der Waals surface area contributed by atoms with E-state index in [2.05, 4.69) is 0 Å². The summed E-state index contributed by atoms with van der Waals surface area (Å²) in [4.78, 5) is 10.7. The molecular formula is C11H13O4S-. The van der Waals surface area contributed by atoms with E-state index in [4.69, 9.17) is 0 Å². The molecule has 0 aromatic heterocycles. The second kappa shape index (κ2) is 4.65. The molecule has 0 saturated carbocycles. The first kappa shape index (κ1) is 12.7. The van der Waals surface area contributed by atoms with Crippen LogP contribution in [0.4, 0.5) is 0 Å². The van der Waals surface area contributed by atoms with Crippen molar-refractivity contribution in [3.8, 4) is 0 Å². The lowest BCUT2D eigenvalue weighted by Crippen LogP contribution is -2.40. The SMILES string of the molecule is CCC(C(=O)[O-])S(=O)(=O)c1ccc(C)cc1. The monoisotopic (exact) mass is 241 g/mol. The number of sulfone groups is 1. The summed E-state index contributed by atoms with van der Waals surface area (Å²) in [5, 5.41) is 9.25. The number of aliphatic carboxylic acids is 1. The Labute approximate surface area is 94.8 Å². The highest BCUT2D eigenvalue weighted by Crippen LogP contribution is 2.18. The average molecular weight is 241 g/mol. The maximum absolute atomic E-state index is 11.9. The molecule has 0 saturated heterocycles. The van der Waals surface area contributed by atoms with Crippen molar-refractivity contribution in [2.75, 3.05) is 0 Å². The van der Waals surface area contributed by atoms with Crippen LogP contribution in [0, 0.1) is 6.92 Å². The molecule has 0 N–H and O–H groups in total. The summed E-state index contributed by atoms with van der Waals surface area (Å²) < 4.78 is 23.8. The zero-order chi connectivity index (χ0) is 12.3. The predicted octanol–water partition coefficient (Wildman–Crippen LogP) is 0.297. The second-order valence-electron chi connectivity index (χ2n) is 3.57. The number of carbonyl (C=O) groups excluding carboxylic acids is 1. The van der Waals surface area contributed by atoms with Gasteiger partial charge < -0.3 is 9.90 Å². The van der Waals surface area contributed by atoms with Crippen molar-refractivity contribution in [3.63, 3.8) is 0 Å². The zero-order valence-corrected chi connectivity index (χ0v) is 9.95. The Morgan fingerprint density at radius 3 is 2.19 bits per heavy atom. The maximum atomic E-state index is 11.9. The molecule has 16 heavy (non-hydrogen) atoms. The summed E-state index contributed by atoms with van der Waals surface area (Å²) in [5.74, 6) is -1.55. The summed E-state index contributed by atoms with van der Waals surface area (Å²) in [5.41, 5.74) is 0.917. The molecule has 0 amide bonds. The molecule has 0 bridgehead atoms. The van der Waals surface area contributed by atoms with Crippen molar-refractivity contribution in [1.82, 2.24) is 0 Å². The van der Waals surface area contributed by atoms with Crippen LogP contribution in [0.15, 0.2) is 29.2 Å². The highest BCUT2D eigenvalue weighted by atomic mass is 32.2. The number of carboxylic acid groups (broad SMARTS) is 1.